The van der Waals surface area contributed by atoms with Crippen LogP contribution in [0.15, 0.2) is 313 Å². The Morgan fingerprint density at radius 2 is 0.368 bits per heavy atom. The number of ether oxygens (including phenoxy) is 6. The maximum absolute atomic E-state index is 12.8. The SMILES string of the molecule is C=CC=CC(=O)Oc1cc[c]([Bi]([c]2ccc(OC(=O)C=CC=C)cc2)[c]2c[c]([Bi]([c]3ccc(OC(=O)C=CC=C)cc3)[c]3ccc(OC(=O)C=CC=C)cc3)c[c]([Bi]([c]3ccc(OC(=O)C=CC=C)cc3)[c]3ccc(OC(=O)C=CC=C)cc3)c2)cc1. The molecule has 0 radical (unpaired) electrons. The zero-order valence-corrected chi connectivity index (χ0v) is 57.4. The molecule has 7 aromatic rings. The summed E-state index contributed by atoms with van der Waals surface area (Å²) in [5.41, 5.74) is 0. The number of benzene rings is 7. The van der Waals surface area contributed by atoms with Crippen molar-refractivity contribution in [3.05, 3.63) is 313 Å². The van der Waals surface area contributed by atoms with Gasteiger partial charge in [0.2, 0.25) is 0 Å². The van der Waals surface area contributed by atoms with Gasteiger partial charge in [0.25, 0.3) is 0 Å². The van der Waals surface area contributed by atoms with Gasteiger partial charge < -0.3 is 0 Å². The van der Waals surface area contributed by atoms with Crippen LogP contribution in [0.5, 0.6) is 34.5 Å². The van der Waals surface area contributed by atoms with E-state index < -0.39 is 101 Å². The molecule has 0 unspecified atom stereocenters. The molecule has 0 heterocycles. The second-order valence-electron chi connectivity index (χ2n) is 17.8. The zero-order valence-electron chi connectivity index (χ0n) is 47.0. The second kappa shape index (κ2) is 34.1. The van der Waals surface area contributed by atoms with Gasteiger partial charge >= 0.3 is 535 Å². The van der Waals surface area contributed by atoms with E-state index in [1.165, 1.54) is 109 Å². The van der Waals surface area contributed by atoms with Crippen LogP contribution < -0.4 is 57.9 Å². The number of hydrogen-bond donors (Lipinski definition) is 0. The molecule has 0 amide bonds. The first-order valence-corrected chi connectivity index (χ1v) is 42.2. The van der Waals surface area contributed by atoms with Crippen LogP contribution in [-0.2, 0) is 28.8 Å². The summed E-state index contributed by atoms with van der Waals surface area (Å²) in [6.07, 6.45) is 25.6. The normalized spacial score (nSPS) is 11.3. The van der Waals surface area contributed by atoms with Crippen LogP contribution in [-0.4, -0.2) is 101 Å². The van der Waals surface area contributed by atoms with Gasteiger partial charge in [-0.2, -0.15) is 0 Å². The Kier molecular flexibility index (Phi) is 25.7. The van der Waals surface area contributed by atoms with Crippen LogP contribution in [0.1, 0.15) is 0 Å². The van der Waals surface area contributed by atoms with Crippen molar-refractivity contribution in [2.45, 2.75) is 0 Å². The van der Waals surface area contributed by atoms with E-state index in [2.05, 4.69) is 57.7 Å². The standard InChI is InChI=1S/6C11H9O2.C6H3.3Bi/c6*1-2-3-9-11(12)13-10-7-5-4-6-8-10;1-2-4-6-5-3-1;;;/h6*2-3,5-9H,1H2;1,4-5H;;;. The molecule has 7 rings (SSSR count). The topological polar surface area (TPSA) is 158 Å². The minimum atomic E-state index is -3.66. The van der Waals surface area contributed by atoms with Crippen molar-refractivity contribution in [2.24, 2.45) is 0 Å². The van der Waals surface area contributed by atoms with Crippen LogP contribution in [0, 0.1) is 0 Å². The van der Waals surface area contributed by atoms with E-state index in [9.17, 15) is 28.8 Å². The van der Waals surface area contributed by atoms with E-state index in [0.717, 1.165) is 29.4 Å². The van der Waals surface area contributed by atoms with Gasteiger partial charge in [0.05, 0.1) is 0 Å². The number of hydrogen-bond acceptors (Lipinski definition) is 12. The molecular weight excluding hydrogens is 1680 g/mol. The molecule has 0 aliphatic rings. The molecule has 432 valence electrons. The third kappa shape index (κ3) is 20.0. The molecule has 0 saturated heterocycles. The minimum absolute atomic E-state index is 0.339. The Morgan fingerprint density at radius 1 is 0.230 bits per heavy atom. The van der Waals surface area contributed by atoms with Gasteiger partial charge in [0.15, 0.2) is 0 Å². The average molecular weight is 1740 g/mol. The van der Waals surface area contributed by atoms with Crippen molar-refractivity contribution < 1.29 is 57.2 Å². The van der Waals surface area contributed by atoms with E-state index in [1.807, 2.05) is 72.8 Å². The van der Waals surface area contributed by atoms with Crippen molar-refractivity contribution in [2.75, 3.05) is 0 Å². The van der Waals surface area contributed by atoms with Crippen LogP contribution in [0.25, 0.3) is 0 Å². The van der Waals surface area contributed by atoms with Gasteiger partial charge in [-0.15, -0.1) is 0 Å². The van der Waals surface area contributed by atoms with Crippen molar-refractivity contribution in [1.29, 1.82) is 0 Å². The van der Waals surface area contributed by atoms with Crippen molar-refractivity contribution in [3.63, 3.8) is 0 Å². The van der Waals surface area contributed by atoms with Crippen LogP contribution in [0.2, 0.25) is 0 Å². The van der Waals surface area contributed by atoms with Gasteiger partial charge in [-0.05, 0) is 0 Å². The fourth-order valence-electron chi connectivity index (χ4n) is 8.07. The third-order valence-corrected chi connectivity index (χ3v) is 39.8. The van der Waals surface area contributed by atoms with Crippen molar-refractivity contribution in [1.82, 2.24) is 0 Å². The number of rotatable bonds is 27. The average Bonchev–Trinajstić information content (AvgIpc) is 1.28. The van der Waals surface area contributed by atoms with Crippen LogP contribution in [0.4, 0.5) is 0 Å². The molecule has 0 aliphatic carbocycles. The summed E-state index contributed by atoms with van der Waals surface area (Å²) in [5, 5.41) is 0. The predicted molar refractivity (Wildman–Crippen MR) is 349 cm³/mol. The number of allylic oxidation sites excluding steroid dienone is 12. The van der Waals surface area contributed by atoms with Gasteiger partial charge in [-0.25, -0.2) is 0 Å². The molecule has 0 fully saturated rings. The molecule has 87 heavy (non-hydrogen) atoms. The molecule has 0 spiro atoms. The summed E-state index contributed by atoms with van der Waals surface area (Å²) in [5.74, 6) is -1.37. The monoisotopic (exact) mass is 1740 g/mol. The van der Waals surface area contributed by atoms with E-state index in [0.29, 0.717) is 34.5 Å². The number of esters is 6. The fraction of sp³-hybridized carbons (Fsp3) is 0. The Bertz CT molecular complexity index is 3210. The summed E-state index contributed by atoms with van der Waals surface area (Å²) in [7, 11) is 0. The molecule has 0 N–H and O–H groups in total. The molecule has 15 heteroatoms. The molecular formula is C72H57Bi3O12. The first-order chi connectivity index (χ1) is 42.3. The van der Waals surface area contributed by atoms with Gasteiger partial charge in [0.1, 0.15) is 0 Å². The first-order valence-electron chi connectivity index (χ1n) is 26.5. The van der Waals surface area contributed by atoms with Crippen molar-refractivity contribution in [3.8, 4) is 34.5 Å². The number of carbonyl (C=O) groups excluding carboxylic acids is 6. The zero-order chi connectivity index (χ0) is 61.9. The van der Waals surface area contributed by atoms with E-state index in [-0.39, 0.29) is 0 Å². The van der Waals surface area contributed by atoms with Gasteiger partial charge in [-0.1, -0.05) is 0 Å². The summed E-state index contributed by atoms with van der Waals surface area (Å²) in [6.45, 7) is 21.9. The molecule has 0 aromatic heterocycles. The van der Waals surface area contributed by atoms with Crippen molar-refractivity contribution >= 4 is 131 Å². The molecule has 7 aromatic carbocycles. The Morgan fingerprint density at radius 3 is 0.494 bits per heavy atom. The predicted octanol–water partition coefficient (Wildman–Crippen LogP) is 7.12. The van der Waals surface area contributed by atoms with E-state index in [1.54, 1.807) is 72.8 Å². The van der Waals surface area contributed by atoms with E-state index in [4.69, 9.17) is 28.4 Å². The second-order valence-corrected chi connectivity index (χ2v) is 43.7. The molecule has 0 aliphatic heterocycles. The number of carbonyl (C=O) groups is 6. The summed E-state index contributed by atoms with van der Waals surface area (Å²) >= 11 is -11.0. The van der Waals surface area contributed by atoms with E-state index >= 15 is 0 Å². The third-order valence-electron chi connectivity index (χ3n) is 11.8. The maximum atomic E-state index is 12.8. The summed E-state index contributed by atoms with van der Waals surface area (Å²) in [6, 6.07) is 52.1. The van der Waals surface area contributed by atoms with Gasteiger partial charge in [0, 0.05) is 0 Å². The quantitative estimate of drug-likeness (QED) is 0.0169. The first kappa shape index (κ1) is 65.4. The Labute approximate surface area is 529 Å². The molecule has 12 nitrogen and oxygen atoms in total. The molecule has 0 atom stereocenters. The Balaban J connectivity index is 1.53. The fourth-order valence-corrected chi connectivity index (χ4v) is 40.3. The van der Waals surface area contributed by atoms with Crippen LogP contribution >= 0.6 is 0 Å². The van der Waals surface area contributed by atoms with Crippen LogP contribution in [0.3, 0.4) is 0 Å². The summed E-state index contributed by atoms with van der Waals surface area (Å²) < 4.78 is 43.5. The summed E-state index contributed by atoms with van der Waals surface area (Å²) in [4.78, 5) is 76.8. The molecule has 0 bridgehead atoms. The molecule has 0 saturated carbocycles. The Hall–Kier alpha value is -9.11. The van der Waals surface area contributed by atoms with Gasteiger partial charge in [-0.3, -0.25) is 0 Å².